The Balaban J connectivity index is 1.35. The largest absolute Gasteiger partial charge is 0.382 e. The first-order chi connectivity index (χ1) is 18.5. The number of carbonyl (C=O) groups is 1. The predicted molar refractivity (Wildman–Crippen MR) is 147 cm³/mol. The molecule has 3 aromatic heterocycles. The maximum Gasteiger partial charge on any atom is 0.225 e. The lowest BCUT2D eigenvalue weighted by atomic mass is 10.1. The number of fused-ring (bicyclic) bond motifs is 1. The second-order valence-corrected chi connectivity index (χ2v) is 10.4. The van der Waals surface area contributed by atoms with Gasteiger partial charge in [0.15, 0.2) is 5.82 Å². The van der Waals surface area contributed by atoms with Crippen LogP contribution in [0.2, 0.25) is 0 Å². The van der Waals surface area contributed by atoms with Gasteiger partial charge >= 0.3 is 0 Å². The van der Waals surface area contributed by atoms with Crippen LogP contribution in [0.15, 0.2) is 48.9 Å². The quantitative estimate of drug-likeness (QED) is 0.434. The van der Waals surface area contributed by atoms with Crippen molar-refractivity contribution in [3.05, 3.63) is 48.9 Å². The minimum absolute atomic E-state index is 0.0268. The number of nitrogens with two attached hydrogens (primary N) is 1. The summed E-state index contributed by atoms with van der Waals surface area (Å²) in [6.07, 6.45) is 5.20. The van der Waals surface area contributed by atoms with E-state index in [1.54, 1.807) is 0 Å². The van der Waals surface area contributed by atoms with E-state index in [0.29, 0.717) is 5.82 Å². The fourth-order valence-electron chi connectivity index (χ4n) is 5.63. The van der Waals surface area contributed by atoms with Crippen molar-refractivity contribution in [3.8, 4) is 22.5 Å². The lowest BCUT2D eigenvalue weighted by molar-refractivity contribution is -0.134. The number of carbonyl (C=O) groups excluding carboxylic acids is 1. The second-order valence-electron chi connectivity index (χ2n) is 10.4. The van der Waals surface area contributed by atoms with E-state index in [0.717, 1.165) is 86.0 Å². The van der Waals surface area contributed by atoms with Gasteiger partial charge in [0.2, 0.25) is 5.91 Å². The molecule has 2 aliphatic heterocycles. The van der Waals surface area contributed by atoms with Crippen LogP contribution >= 0.6 is 0 Å². The van der Waals surface area contributed by atoms with Gasteiger partial charge in [0.05, 0.1) is 17.4 Å². The van der Waals surface area contributed by atoms with Crippen LogP contribution in [0, 0.1) is 5.92 Å². The zero-order chi connectivity index (χ0) is 26.2. The molecule has 198 valence electrons. The lowest BCUT2D eigenvalue weighted by Crippen LogP contribution is -2.49. The topological polar surface area (TPSA) is 107 Å². The SMILES string of the molecule is CC(C)C(=O)N1CCN(c2cccc(-c3cc(-c4ccnn4C4CCOCC4)c4c(N)ncnn34)c2)CC1. The Morgan fingerprint density at radius 3 is 2.58 bits per heavy atom. The van der Waals surface area contributed by atoms with Crippen molar-refractivity contribution < 1.29 is 9.53 Å². The normalized spacial score (nSPS) is 17.0. The van der Waals surface area contributed by atoms with Gasteiger partial charge in [-0.2, -0.15) is 10.2 Å². The Morgan fingerprint density at radius 1 is 1.03 bits per heavy atom. The van der Waals surface area contributed by atoms with Crippen molar-refractivity contribution in [1.82, 2.24) is 29.3 Å². The smallest absolute Gasteiger partial charge is 0.225 e. The van der Waals surface area contributed by atoms with Gasteiger partial charge in [-0.25, -0.2) is 9.50 Å². The fraction of sp³-hybridized carbons (Fsp3) is 0.429. The summed E-state index contributed by atoms with van der Waals surface area (Å²) in [6, 6.07) is 13.0. The molecule has 0 spiro atoms. The monoisotopic (exact) mass is 514 g/mol. The molecule has 0 atom stereocenters. The molecule has 1 aromatic carbocycles. The number of amides is 1. The van der Waals surface area contributed by atoms with Crippen LogP contribution in [0.4, 0.5) is 11.5 Å². The van der Waals surface area contributed by atoms with E-state index in [1.165, 1.54) is 6.33 Å². The molecule has 10 nitrogen and oxygen atoms in total. The fourth-order valence-corrected chi connectivity index (χ4v) is 5.63. The maximum atomic E-state index is 12.4. The van der Waals surface area contributed by atoms with Gasteiger partial charge in [-0.05, 0) is 37.1 Å². The van der Waals surface area contributed by atoms with Crippen molar-refractivity contribution in [2.75, 3.05) is 50.0 Å². The van der Waals surface area contributed by atoms with E-state index in [2.05, 4.69) is 55.1 Å². The molecule has 0 bridgehead atoms. The molecule has 38 heavy (non-hydrogen) atoms. The molecule has 0 unspecified atom stereocenters. The Hall–Kier alpha value is -3.92. The third-order valence-corrected chi connectivity index (χ3v) is 7.66. The van der Waals surface area contributed by atoms with Crippen LogP contribution in [0.3, 0.4) is 0 Å². The highest BCUT2D eigenvalue weighted by Gasteiger charge is 2.25. The van der Waals surface area contributed by atoms with E-state index in [1.807, 2.05) is 35.5 Å². The molecular formula is C28H34N8O2. The Kier molecular flexibility index (Phi) is 6.49. The molecule has 2 aliphatic rings. The number of aromatic nitrogens is 5. The van der Waals surface area contributed by atoms with Crippen molar-refractivity contribution in [2.45, 2.75) is 32.7 Å². The summed E-state index contributed by atoms with van der Waals surface area (Å²) in [5, 5.41) is 9.27. The third-order valence-electron chi connectivity index (χ3n) is 7.66. The number of nitrogen functional groups attached to an aromatic ring is 1. The van der Waals surface area contributed by atoms with Crippen LogP contribution in [0.5, 0.6) is 0 Å². The van der Waals surface area contributed by atoms with E-state index in [9.17, 15) is 4.79 Å². The van der Waals surface area contributed by atoms with Gasteiger partial charge in [0.25, 0.3) is 0 Å². The van der Waals surface area contributed by atoms with Gasteiger partial charge in [-0.15, -0.1) is 0 Å². The molecule has 5 heterocycles. The lowest BCUT2D eigenvalue weighted by Gasteiger charge is -2.37. The average Bonchev–Trinajstić information content (AvgIpc) is 3.59. The Morgan fingerprint density at radius 2 is 1.82 bits per heavy atom. The molecule has 1 amide bonds. The molecule has 2 fully saturated rings. The van der Waals surface area contributed by atoms with Crippen molar-refractivity contribution in [3.63, 3.8) is 0 Å². The Labute approximate surface area is 222 Å². The van der Waals surface area contributed by atoms with Crippen molar-refractivity contribution in [1.29, 1.82) is 0 Å². The highest BCUT2D eigenvalue weighted by molar-refractivity contribution is 5.91. The first kappa shape index (κ1) is 24.4. The molecule has 0 saturated carbocycles. The summed E-state index contributed by atoms with van der Waals surface area (Å²) < 4.78 is 9.56. The minimum atomic E-state index is 0.0268. The molecule has 10 heteroatoms. The van der Waals surface area contributed by atoms with Crippen molar-refractivity contribution in [2.24, 2.45) is 5.92 Å². The van der Waals surface area contributed by atoms with Crippen LogP contribution < -0.4 is 10.6 Å². The standard InChI is InChI=1S/C28H34N8O2/c1-19(2)28(37)34-12-10-33(11-13-34)22-5-3-4-20(16-22)25-17-23(26-27(29)30-18-32-36(25)26)24-6-9-31-35(24)21-7-14-38-15-8-21/h3-6,9,16-19,21H,7-8,10-15H2,1-2H3,(H2,29,30,32). The van der Waals surface area contributed by atoms with Gasteiger partial charge in [0, 0.05) is 68.3 Å². The molecule has 0 aliphatic carbocycles. The van der Waals surface area contributed by atoms with E-state index >= 15 is 0 Å². The number of ether oxygens (including phenoxy) is 1. The summed E-state index contributed by atoms with van der Waals surface area (Å²) in [5.74, 6) is 0.685. The molecular weight excluding hydrogens is 480 g/mol. The zero-order valence-electron chi connectivity index (χ0n) is 22.0. The highest BCUT2D eigenvalue weighted by atomic mass is 16.5. The number of rotatable bonds is 5. The summed E-state index contributed by atoms with van der Waals surface area (Å²) in [6.45, 7) is 8.48. The highest BCUT2D eigenvalue weighted by Crippen LogP contribution is 2.37. The number of nitrogens with zero attached hydrogens (tertiary/aromatic N) is 7. The number of anilines is 2. The predicted octanol–water partition coefficient (Wildman–Crippen LogP) is 3.50. The molecule has 6 rings (SSSR count). The number of benzene rings is 1. The third kappa shape index (κ3) is 4.38. The van der Waals surface area contributed by atoms with Gasteiger partial charge in [-0.1, -0.05) is 26.0 Å². The summed E-state index contributed by atoms with van der Waals surface area (Å²) in [5.41, 5.74) is 12.3. The van der Waals surface area contributed by atoms with E-state index < -0.39 is 0 Å². The first-order valence-corrected chi connectivity index (χ1v) is 13.4. The van der Waals surface area contributed by atoms with Crippen LogP contribution in [-0.2, 0) is 9.53 Å². The minimum Gasteiger partial charge on any atom is -0.382 e. The second kappa shape index (κ2) is 10.1. The molecule has 2 saturated heterocycles. The van der Waals surface area contributed by atoms with Crippen LogP contribution in [0.1, 0.15) is 32.7 Å². The van der Waals surface area contributed by atoms with Crippen LogP contribution in [-0.4, -0.2) is 74.6 Å². The maximum absolute atomic E-state index is 12.4. The van der Waals surface area contributed by atoms with Crippen molar-refractivity contribution >= 4 is 22.9 Å². The first-order valence-electron chi connectivity index (χ1n) is 13.4. The summed E-state index contributed by atoms with van der Waals surface area (Å²) in [7, 11) is 0. The number of piperazine rings is 1. The number of hydrogen-bond donors (Lipinski definition) is 1. The van der Waals surface area contributed by atoms with E-state index in [4.69, 9.17) is 10.5 Å². The van der Waals surface area contributed by atoms with Gasteiger partial charge in [0.1, 0.15) is 11.8 Å². The number of hydrogen-bond acceptors (Lipinski definition) is 7. The van der Waals surface area contributed by atoms with Crippen LogP contribution in [0.25, 0.3) is 28.0 Å². The zero-order valence-corrected chi connectivity index (χ0v) is 22.0. The Bertz CT molecular complexity index is 1440. The van der Waals surface area contributed by atoms with Gasteiger partial charge in [-0.3, -0.25) is 9.48 Å². The summed E-state index contributed by atoms with van der Waals surface area (Å²) >= 11 is 0. The van der Waals surface area contributed by atoms with Gasteiger partial charge < -0.3 is 20.3 Å². The summed E-state index contributed by atoms with van der Waals surface area (Å²) in [4.78, 5) is 21.0. The molecule has 4 aromatic rings. The molecule has 0 radical (unpaired) electrons. The average molecular weight is 515 g/mol. The molecule has 2 N–H and O–H groups in total. The van der Waals surface area contributed by atoms with E-state index in [-0.39, 0.29) is 17.9 Å².